The van der Waals surface area contributed by atoms with Crippen LogP contribution in [0.4, 0.5) is 0 Å². The van der Waals surface area contributed by atoms with Crippen LogP contribution in [0.3, 0.4) is 0 Å². The molecule has 3 aromatic heterocycles. The van der Waals surface area contributed by atoms with Gasteiger partial charge in [0.05, 0.1) is 16.7 Å². The number of allylic oxidation sites excluding steroid dienone is 4. The van der Waals surface area contributed by atoms with Crippen LogP contribution in [-0.2, 0) is 0 Å². The monoisotopic (exact) mass is 734 g/mol. The van der Waals surface area contributed by atoms with E-state index in [1.165, 1.54) is 47.6 Å². The van der Waals surface area contributed by atoms with E-state index in [-0.39, 0.29) is 5.92 Å². The van der Waals surface area contributed by atoms with Crippen LogP contribution in [0.1, 0.15) is 18.2 Å². The van der Waals surface area contributed by atoms with Gasteiger partial charge in [-0.1, -0.05) is 152 Å². The molecule has 1 aliphatic carbocycles. The highest BCUT2D eigenvalue weighted by atomic mass is 32.1. The van der Waals surface area contributed by atoms with Gasteiger partial charge in [0.25, 0.3) is 0 Å². The first-order valence-corrected chi connectivity index (χ1v) is 19.9. The summed E-state index contributed by atoms with van der Waals surface area (Å²) in [4.78, 5) is 15.6. The number of benzene rings is 7. The lowest BCUT2D eigenvalue weighted by molar-refractivity contribution is 0.764. The van der Waals surface area contributed by atoms with Crippen molar-refractivity contribution in [2.75, 3.05) is 0 Å². The maximum absolute atomic E-state index is 5.23. The molecule has 0 spiro atoms. The average Bonchev–Trinajstić information content (AvgIpc) is 3.82. The van der Waals surface area contributed by atoms with Crippen LogP contribution in [0.5, 0.6) is 0 Å². The minimum Gasteiger partial charge on any atom is -0.309 e. The van der Waals surface area contributed by atoms with Crippen LogP contribution < -0.4 is 0 Å². The van der Waals surface area contributed by atoms with Crippen molar-refractivity contribution in [2.24, 2.45) is 0 Å². The fraction of sp³-hybridized carbons (Fsp3) is 0.0392. The minimum absolute atomic E-state index is 0.0632. The normalized spacial score (nSPS) is 14.0. The third kappa shape index (κ3) is 5.47. The molecule has 56 heavy (non-hydrogen) atoms. The summed E-state index contributed by atoms with van der Waals surface area (Å²) in [5, 5.41) is 5.04. The Labute approximate surface area is 328 Å². The van der Waals surface area contributed by atoms with Crippen molar-refractivity contribution >= 4 is 53.3 Å². The van der Waals surface area contributed by atoms with Gasteiger partial charge in [0.2, 0.25) is 0 Å². The van der Waals surface area contributed by atoms with Gasteiger partial charge in [0.15, 0.2) is 11.6 Å². The van der Waals surface area contributed by atoms with E-state index in [0.29, 0.717) is 11.6 Å². The summed E-state index contributed by atoms with van der Waals surface area (Å²) in [6.07, 6.45) is 9.40. The summed E-state index contributed by atoms with van der Waals surface area (Å²) in [6, 6.07) is 58.6. The molecule has 7 aromatic carbocycles. The molecule has 0 aliphatic heterocycles. The van der Waals surface area contributed by atoms with Crippen molar-refractivity contribution in [3.8, 4) is 50.7 Å². The number of nitrogens with zero attached hydrogens (tertiary/aromatic N) is 4. The first kappa shape index (κ1) is 32.5. The molecule has 10 aromatic rings. The highest BCUT2D eigenvalue weighted by Gasteiger charge is 2.22. The van der Waals surface area contributed by atoms with Gasteiger partial charge in [0, 0.05) is 48.0 Å². The van der Waals surface area contributed by atoms with Crippen LogP contribution in [-0.4, -0.2) is 19.5 Å². The van der Waals surface area contributed by atoms with Gasteiger partial charge in [-0.15, -0.1) is 11.3 Å². The number of hydrogen-bond acceptors (Lipinski definition) is 4. The number of para-hydroxylation sites is 2. The van der Waals surface area contributed by atoms with Crippen LogP contribution in [0.2, 0.25) is 0 Å². The van der Waals surface area contributed by atoms with Crippen molar-refractivity contribution in [1.29, 1.82) is 0 Å². The van der Waals surface area contributed by atoms with Gasteiger partial charge in [-0.3, -0.25) is 0 Å². The highest BCUT2D eigenvalue weighted by molar-refractivity contribution is 7.26. The van der Waals surface area contributed by atoms with Gasteiger partial charge >= 0.3 is 0 Å². The number of rotatable bonds is 6. The Hall–Kier alpha value is -6.95. The second-order valence-corrected chi connectivity index (χ2v) is 15.4. The molecule has 0 amide bonds. The smallest absolute Gasteiger partial charge is 0.165 e. The predicted octanol–water partition coefficient (Wildman–Crippen LogP) is 13.6. The lowest BCUT2D eigenvalue weighted by Gasteiger charge is -2.17. The van der Waals surface area contributed by atoms with Gasteiger partial charge in [0.1, 0.15) is 5.82 Å². The molecule has 264 valence electrons. The molecule has 4 nitrogen and oxygen atoms in total. The molecular formula is C51H34N4S. The SMILES string of the molecule is C1=CCC(c2nc(-c3ccc(-c4ccccc4)cc3)nc(-c3ccccc3-n3c4ccccc4c4cc(-c5cccc6c5sc5ccccc56)ccc43)n2)C=C1. The van der Waals surface area contributed by atoms with Crippen molar-refractivity contribution in [1.82, 2.24) is 19.5 Å². The quantitative estimate of drug-likeness (QED) is 0.171. The van der Waals surface area contributed by atoms with E-state index in [1.54, 1.807) is 0 Å². The van der Waals surface area contributed by atoms with Gasteiger partial charge in [-0.05, 0) is 65.1 Å². The maximum atomic E-state index is 5.23. The molecule has 0 N–H and O–H groups in total. The fourth-order valence-electron chi connectivity index (χ4n) is 8.25. The first-order chi connectivity index (χ1) is 27.8. The predicted molar refractivity (Wildman–Crippen MR) is 234 cm³/mol. The van der Waals surface area contributed by atoms with E-state index >= 15 is 0 Å². The molecule has 1 unspecified atom stereocenters. The topological polar surface area (TPSA) is 43.6 Å². The summed E-state index contributed by atoms with van der Waals surface area (Å²) in [5.74, 6) is 2.17. The lowest BCUT2D eigenvalue weighted by Crippen LogP contribution is -2.09. The average molecular weight is 735 g/mol. The molecule has 0 fully saturated rings. The van der Waals surface area contributed by atoms with E-state index in [4.69, 9.17) is 15.0 Å². The van der Waals surface area contributed by atoms with E-state index in [1.807, 2.05) is 17.4 Å². The van der Waals surface area contributed by atoms with Crippen molar-refractivity contribution in [3.05, 3.63) is 194 Å². The fourth-order valence-corrected chi connectivity index (χ4v) is 9.49. The molecule has 5 heteroatoms. The Morgan fingerprint density at radius 2 is 1.16 bits per heavy atom. The second kappa shape index (κ2) is 13.4. The van der Waals surface area contributed by atoms with Gasteiger partial charge < -0.3 is 4.57 Å². The molecule has 0 saturated heterocycles. The Balaban J connectivity index is 1.08. The molecule has 0 bridgehead atoms. The zero-order chi connectivity index (χ0) is 37.0. The summed E-state index contributed by atoms with van der Waals surface area (Å²) >= 11 is 1.87. The molecule has 11 rings (SSSR count). The minimum atomic E-state index is 0.0632. The number of thiophene rings is 1. The zero-order valence-electron chi connectivity index (χ0n) is 30.4. The molecule has 3 heterocycles. The third-order valence-electron chi connectivity index (χ3n) is 11.0. The van der Waals surface area contributed by atoms with E-state index in [0.717, 1.165) is 45.7 Å². The van der Waals surface area contributed by atoms with E-state index in [9.17, 15) is 0 Å². The van der Waals surface area contributed by atoms with E-state index < -0.39 is 0 Å². The molecule has 0 saturated carbocycles. The summed E-state index contributed by atoms with van der Waals surface area (Å²) in [7, 11) is 0. The molecule has 1 atom stereocenters. The zero-order valence-corrected chi connectivity index (χ0v) is 31.2. The Morgan fingerprint density at radius 3 is 2.04 bits per heavy atom. The summed E-state index contributed by atoms with van der Waals surface area (Å²) < 4.78 is 5.01. The van der Waals surface area contributed by atoms with Crippen molar-refractivity contribution in [2.45, 2.75) is 12.3 Å². The molecule has 1 aliphatic rings. The number of fused-ring (bicyclic) bond motifs is 6. The third-order valence-corrected chi connectivity index (χ3v) is 12.2. The Morgan fingerprint density at radius 1 is 0.482 bits per heavy atom. The van der Waals surface area contributed by atoms with Crippen molar-refractivity contribution < 1.29 is 0 Å². The van der Waals surface area contributed by atoms with Crippen LogP contribution in [0.25, 0.3) is 92.7 Å². The van der Waals surface area contributed by atoms with E-state index in [2.05, 4.69) is 187 Å². The van der Waals surface area contributed by atoms with Crippen LogP contribution in [0, 0.1) is 0 Å². The van der Waals surface area contributed by atoms with Gasteiger partial charge in [-0.2, -0.15) is 0 Å². The van der Waals surface area contributed by atoms with Crippen LogP contribution in [0.15, 0.2) is 188 Å². The summed E-state index contributed by atoms with van der Waals surface area (Å²) in [5.41, 5.74) is 10.0. The summed E-state index contributed by atoms with van der Waals surface area (Å²) in [6.45, 7) is 0. The largest absolute Gasteiger partial charge is 0.309 e. The van der Waals surface area contributed by atoms with Crippen LogP contribution >= 0.6 is 11.3 Å². The Bertz CT molecular complexity index is 3170. The second-order valence-electron chi connectivity index (χ2n) is 14.3. The first-order valence-electron chi connectivity index (χ1n) is 19.1. The van der Waals surface area contributed by atoms with Gasteiger partial charge in [-0.25, -0.2) is 15.0 Å². The lowest BCUT2D eigenvalue weighted by atomic mass is 9.99. The highest BCUT2D eigenvalue weighted by Crippen LogP contribution is 2.42. The number of hydrogen-bond donors (Lipinski definition) is 0. The number of aromatic nitrogens is 4. The standard InChI is InChI=1S/C51H34N4S/c1-3-14-33(15-4-1)34-26-28-36(29-27-34)50-52-49(35-16-5-2-6-17-35)53-51(54-50)42-20-8-11-24-45(42)55-44-23-10-7-18-39(44)43-32-37(30-31-46(43)55)38-21-13-22-41-40-19-9-12-25-47(40)56-48(38)41/h1-16,18-32,35H,17H2. The molecular weight excluding hydrogens is 701 g/mol. The Kier molecular flexibility index (Phi) is 7.78. The maximum Gasteiger partial charge on any atom is 0.165 e. The van der Waals surface area contributed by atoms with Crippen molar-refractivity contribution in [3.63, 3.8) is 0 Å². The molecule has 0 radical (unpaired) electrons.